The molecule has 178 valence electrons. The number of para-hydroxylation sites is 2. The summed E-state index contributed by atoms with van der Waals surface area (Å²) in [5.41, 5.74) is 6.53. The third-order valence-electron chi connectivity index (χ3n) is 6.26. The van der Waals surface area contributed by atoms with E-state index >= 15 is 0 Å². The van der Waals surface area contributed by atoms with E-state index in [2.05, 4.69) is 31.4 Å². The fraction of sp³-hybridized carbons (Fsp3) is 0.233. The highest BCUT2D eigenvalue weighted by molar-refractivity contribution is 6.23. The van der Waals surface area contributed by atoms with Crippen LogP contribution in [0.25, 0.3) is 0 Å². The first-order valence-corrected chi connectivity index (χ1v) is 12.2. The van der Waals surface area contributed by atoms with E-state index < -0.39 is 5.92 Å². The average Bonchev–Trinajstić information content (AvgIpc) is 2.90. The first kappa shape index (κ1) is 24.1. The van der Waals surface area contributed by atoms with Crippen molar-refractivity contribution in [3.63, 3.8) is 0 Å². The molecule has 0 aromatic heterocycles. The lowest BCUT2D eigenvalue weighted by Crippen LogP contribution is -2.54. The molecule has 1 fully saturated rings. The smallest absolute Gasteiger partial charge is 0.250 e. The van der Waals surface area contributed by atoms with E-state index in [9.17, 15) is 9.59 Å². The Kier molecular flexibility index (Phi) is 7.49. The molecular weight excluding hydrogens is 434 g/mol. The number of hydrogen-bond donors (Lipinski definition) is 0. The van der Waals surface area contributed by atoms with Crippen molar-refractivity contribution < 1.29 is 9.59 Å². The Morgan fingerprint density at radius 1 is 0.714 bits per heavy atom. The van der Waals surface area contributed by atoms with Crippen molar-refractivity contribution in [3.8, 4) is 0 Å². The van der Waals surface area contributed by atoms with E-state index in [0.717, 1.165) is 25.2 Å². The molecule has 0 radical (unpaired) electrons. The molecule has 0 spiro atoms. The molecule has 0 N–H and O–H groups in total. The first-order valence-electron chi connectivity index (χ1n) is 12.2. The average molecular weight is 466 g/mol. The number of carbonyl (C=O) groups is 2. The van der Waals surface area contributed by atoms with E-state index in [1.54, 1.807) is 9.80 Å². The van der Waals surface area contributed by atoms with Crippen molar-refractivity contribution in [2.24, 2.45) is 0 Å². The molecule has 0 aliphatic carbocycles. The molecule has 3 aromatic carbocycles. The summed E-state index contributed by atoms with van der Waals surface area (Å²) in [6.45, 7) is 7.88. The molecule has 4 rings (SSSR count). The molecule has 1 aliphatic rings. The van der Waals surface area contributed by atoms with Crippen LogP contribution in [0.2, 0.25) is 0 Å². The second-order valence-electron chi connectivity index (χ2n) is 8.28. The summed E-state index contributed by atoms with van der Waals surface area (Å²) in [6.07, 6.45) is 0.723. The maximum atomic E-state index is 14.1. The molecule has 0 bridgehead atoms. The predicted molar refractivity (Wildman–Crippen MR) is 141 cm³/mol. The van der Waals surface area contributed by atoms with Crippen LogP contribution in [0.5, 0.6) is 0 Å². The fourth-order valence-corrected chi connectivity index (χ4v) is 4.49. The number of anilines is 2. The summed E-state index contributed by atoms with van der Waals surface area (Å²) in [5.74, 6) is -1.09. The zero-order valence-corrected chi connectivity index (χ0v) is 20.5. The van der Waals surface area contributed by atoms with Crippen molar-refractivity contribution in [1.82, 2.24) is 4.90 Å². The lowest BCUT2D eigenvalue weighted by atomic mass is 9.93. The Bertz CT molecular complexity index is 1170. The first-order chi connectivity index (χ1) is 17.1. The Morgan fingerprint density at radius 2 is 1.14 bits per heavy atom. The van der Waals surface area contributed by atoms with Crippen molar-refractivity contribution in [2.45, 2.75) is 33.1 Å². The summed E-state index contributed by atoms with van der Waals surface area (Å²) in [6, 6.07) is 28.3. The lowest BCUT2D eigenvalue weighted by Gasteiger charge is -2.40. The zero-order chi connectivity index (χ0) is 24.8. The Morgan fingerprint density at radius 3 is 1.54 bits per heavy atom. The molecule has 0 atom stereocenters. The monoisotopic (exact) mass is 465 g/mol. The standard InChI is InChI=1S/C30H31N3O2/c1-4-24(31(5-2)6-3)22-27-32(25-18-12-8-13-19-25)29(34)28(23-16-10-7-11-17-23)30(35)33(27)26-20-14-9-15-21-26/h7-21,28H,4-6H2,1-3H3. The van der Waals surface area contributed by atoms with Crippen LogP contribution in [-0.4, -0.2) is 29.8 Å². The minimum Gasteiger partial charge on any atom is -0.369 e. The molecule has 5 heteroatoms. The highest BCUT2D eigenvalue weighted by Gasteiger charge is 2.45. The van der Waals surface area contributed by atoms with Crippen LogP contribution in [0, 0.1) is 0 Å². The second kappa shape index (κ2) is 10.9. The lowest BCUT2D eigenvalue weighted by molar-refractivity contribution is -0.129. The van der Waals surface area contributed by atoms with Gasteiger partial charge in [0.2, 0.25) is 11.8 Å². The van der Waals surface area contributed by atoms with E-state index in [1.807, 2.05) is 91.0 Å². The quantitative estimate of drug-likeness (QED) is 0.321. The maximum Gasteiger partial charge on any atom is 0.250 e. The van der Waals surface area contributed by atoms with Crippen LogP contribution < -0.4 is 9.80 Å². The van der Waals surface area contributed by atoms with Gasteiger partial charge in [0.15, 0.2) is 5.82 Å². The van der Waals surface area contributed by atoms with Crippen LogP contribution >= 0.6 is 0 Å². The van der Waals surface area contributed by atoms with Crippen molar-refractivity contribution >= 4 is 23.2 Å². The predicted octanol–water partition coefficient (Wildman–Crippen LogP) is 5.93. The third-order valence-corrected chi connectivity index (χ3v) is 6.26. The summed E-state index contributed by atoms with van der Waals surface area (Å²) in [4.78, 5) is 33.7. The number of allylic oxidation sites excluding steroid dienone is 1. The minimum absolute atomic E-state index is 0.280. The molecule has 0 unspecified atom stereocenters. The van der Waals surface area contributed by atoms with Gasteiger partial charge < -0.3 is 4.90 Å². The fourth-order valence-electron chi connectivity index (χ4n) is 4.49. The van der Waals surface area contributed by atoms with E-state index in [4.69, 9.17) is 0 Å². The van der Waals surface area contributed by atoms with Gasteiger partial charge in [-0.05, 0) is 50.1 Å². The zero-order valence-electron chi connectivity index (χ0n) is 20.5. The Hall–Kier alpha value is -4.08. The highest BCUT2D eigenvalue weighted by Crippen LogP contribution is 2.37. The number of nitrogens with zero attached hydrogens (tertiary/aromatic N) is 3. The second-order valence-corrected chi connectivity index (χ2v) is 8.28. The molecule has 35 heavy (non-hydrogen) atoms. The molecular formula is C30H31N3O2. The van der Waals surface area contributed by atoms with Gasteiger partial charge in [0.1, 0.15) is 5.92 Å². The van der Waals surface area contributed by atoms with E-state index in [1.165, 1.54) is 0 Å². The van der Waals surface area contributed by atoms with Gasteiger partial charge in [-0.15, -0.1) is 0 Å². The maximum absolute atomic E-state index is 14.1. The molecule has 1 saturated heterocycles. The summed E-state index contributed by atoms with van der Waals surface area (Å²) < 4.78 is 0. The van der Waals surface area contributed by atoms with Gasteiger partial charge in [0.05, 0.1) is 17.1 Å². The van der Waals surface area contributed by atoms with Crippen LogP contribution in [0.1, 0.15) is 38.7 Å². The van der Waals surface area contributed by atoms with Crippen molar-refractivity contribution in [3.05, 3.63) is 114 Å². The SMILES string of the molecule is CCC(=C=C1N(c2ccccc2)C(=O)C(c2ccccc2)C(=O)N1c1ccccc1)N(CC)CC. The van der Waals surface area contributed by atoms with E-state index in [0.29, 0.717) is 22.8 Å². The minimum atomic E-state index is -0.958. The van der Waals surface area contributed by atoms with Gasteiger partial charge in [-0.1, -0.05) is 79.4 Å². The van der Waals surface area contributed by atoms with Gasteiger partial charge in [0, 0.05) is 13.1 Å². The largest absolute Gasteiger partial charge is 0.369 e. The molecule has 3 aromatic rings. The Balaban J connectivity index is 2.04. The van der Waals surface area contributed by atoms with Gasteiger partial charge in [-0.2, -0.15) is 0 Å². The van der Waals surface area contributed by atoms with Gasteiger partial charge in [0.25, 0.3) is 0 Å². The van der Waals surface area contributed by atoms with Crippen LogP contribution in [0.4, 0.5) is 11.4 Å². The third kappa shape index (κ3) is 4.77. The van der Waals surface area contributed by atoms with Crippen molar-refractivity contribution in [2.75, 3.05) is 22.9 Å². The number of benzene rings is 3. The van der Waals surface area contributed by atoms with Crippen LogP contribution in [0.15, 0.2) is 108 Å². The topological polar surface area (TPSA) is 43.9 Å². The van der Waals surface area contributed by atoms with Crippen LogP contribution in [0.3, 0.4) is 0 Å². The molecule has 1 aliphatic heterocycles. The summed E-state index contributed by atoms with van der Waals surface area (Å²) in [7, 11) is 0. The molecule has 0 saturated carbocycles. The summed E-state index contributed by atoms with van der Waals surface area (Å²) in [5, 5.41) is 0. The van der Waals surface area contributed by atoms with Crippen LogP contribution in [-0.2, 0) is 9.59 Å². The number of carbonyl (C=O) groups excluding carboxylic acids is 2. The molecule has 1 heterocycles. The number of hydrogen-bond acceptors (Lipinski definition) is 3. The van der Waals surface area contributed by atoms with Gasteiger partial charge >= 0.3 is 0 Å². The molecule has 5 nitrogen and oxygen atoms in total. The van der Waals surface area contributed by atoms with Crippen molar-refractivity contribution in [1.29, 1.82) is 0 Å². The molecule has 2 amide bonds. The number of rotatable bonds is 7. The van der Waals surface area contributed by atoms with E-state index in [-0.39, 0.29) is 11.8 Å². The number of amides is 2. The normalized spacial score (nSPS) is 15.7. The van der Waals surface area contributed by atoms with Gasteiger partial charge in [-0.25, -0.2) is 0 Å². The van der Waals surface area contributed by atoms with Gasteiger partial charge in [-0.3, -0.25) is 19.4 Å². The Labute approximate surface area is 207 Å². The highest BCUT2D eigenvalue weighted by atomic mass is 16.2. The summed E-state index contributed by atoms with van der Waals surface area (Å²) >= 11 is 0.